The van der Waals surface area contributed by atoms with E-state index in [4.69, 9.17) is 4.52 Å². The fourth-order valence-electron chi connectivity index (χ4n) is 3.08. The number of carbonyl (C=O) groups is 1. The molecule has 8 nitrogen and oxygen atoms in total. The van der Waals surface area contributed by atoms with E-state index in [0.717, 1.165) is 36.7 Å². The Morgan fingerprint density at radius 2 is 1.83 bits per heavy atom. The molecule has 1 amide bonds. The van der Waals surface area contributed by atoms with Crippen LogP contribution in [0.2, 0.25) is 0 Å². The molecule has 9 heteroatoms. The number of benzene rings is 1. The molecule has 0 aliphatic carbocycles. The lowest BCUT2D eigenvalue weighted by molar-refractivity contribution is -0.127. The van der Waals surface area contributed by atoms with Crippen LogP contribution in [0.25, 0.3) is 6.08 Å². The minimum absolute atomic E-state index is 0.0491. The van der Waals surface area contributed by atoms with E-state index in [1.807, 2.05) is 17.9 Å². The summed E-state index contributed by atoms with van der Waals surface area (Å²) in [6, 6.07) is 8.40. The second-order valence-electron chi connectivity index (χ2n) is 7.22. The Labute approximate surface area is 171 Å². The van der Waals surface area contributed by atoms with Gasteiger partial charge in [0.05, 0.1) is 10.6 Å². The quantitative estimate of drug-likeness (QED) is 0.662. The number of carbonyl (C=O) groups excluding carboxylic acids is 1. The van der Waals surface area contributed by atoms with Crippen molar-refractivity contribution >= 4 is 22.0 Å². The Bertz CT molecular complexity index is 972. The molecule has 1 aliphatic heterocycles. The van der Waals surface area contributed by atoms with Gasteiger partial charge in [0.1, 0.15) is 5.76 Å². The second kappa shape index (κ2) is 8.89. The molecular weight excluding hydrogens is 392 g/mol. The van der Waals surface area contributed by atoms with Gasteiger partial charge in [-0.3, -0.25) is 9.69 Å². The maximum Gasteiger partial charge on any atom is 0.246 e. The molecule has 1 aromatic carbocycles. The first-order valence-corrected chi connectivity index (χ1v) is 10.8. The Morgan fingerprint density at radius 3 is 2.38 bits per heavy atom. The molecule has 0 spiro atoms. The van der Waals surface area contributed by atoms with Gasteiger partial charge in [-0.1, -0.05) is 17.3 Å². The summed E-state index contributed by atoms with van der Waals surface area (Å²) in [6.45, 7) is 5.46. The van der Waals surface area contributed by atoms with Crippen LogP contribution in [0.1, 0.15) is 17.0 Å². The highest BCUT2D eigenvalue weighted by Crippen LogP contribution is 2.15. The molecule has 0 bridgehead atoms. The molecule has 1 saturated heterocycles. The van der Waals surface area contributed by atoms with Crippen LogP contribution in [-0.4, -0.2) is 73.9 Å². The summed E-state index contributed by atoms with van der Waals surface area (Å²) in [5.74, 6) is 0.748. The van der Waals surface area contributed by atoms with Crippen molar-refractivity contribution < 1.29 is 17.7 Å². The average molecular weight is 419 g/mol. The van der Waals surface area contributed by atoms with Gasteiger partial charge in [-0.25, -0.2) is 12.7 Å². The van der Waals surface area contributed by atoms with Crippen LogP contribution in [0.3, 0.4) is 0 Å². The van der Waals surface area contributed by atoms with E-state index in [2.05, 4.69) is 10.1 Å². The smallest absolute Gasteiger partial charge is 0.246 e. The zero-order valence-corrected chi connectivity index (χ0v) is 17.7. The molecule has 1 fully saturated rings. The van der Waals surface area contributed by atoms with Crippen molar-refractivity contribution in [1.82, 2.24) is 19.3 Å². The van der Waals surface area contributed by atoms with Gasteiger partial charge in [-0.15, -0.1) is 0 Å². The molecule has 3 rings (SSSR count). The zero-order valence-electron chi connectivity index (χ0n) is 16.9. The lowest BCUT2D eigenvalue weighted by Crippen LogP contribution is -2.47. The minimum atomic E-state index is -3.45. The molecular formula is C20H26N4O4S. The van der Waals surface area contributed by atoms with Crippen molar-refractivity contribution in [1.29, 1.82) is 0 Å². The summed E-state index contributed by atoms with van der Waals surface area (Å²) in [4.78, 5) is 16.7. The van der Waals surface area contributed by atoms with Crippen molar-refractivity contribution in [2.24, 2.45) is 0 Å². The van der Waals surface area contributed by atoms with Gasteiger partial charge >= 0.3 is 0 Å². The Morgan fingerprint density at radius 1 is 1.17 bits per heavy atom. The molecule has 1 aliphatic rings. The largest absolute Gasteiger partial charge is 0.361 e. The third-order valence-electron chi connectivity index (χ3n) is 4.82. The van der Waals surface area contributed by atoms with Gasteiger partial charge in [-0.05, 0) is 30.7 Å². The number of aryl methyl sites for hydroxylation is 1. The molecule has 0 atom stereocenters. The number of piperazine rings is 1. The summed E-state index contributed by atoms with van der Waals surface area (Å²) in [6.07, 6.45) is 3.24. The lowest BCUT2D eigenvalue weighted by Gasteiger charge is -2.33. The highest BCUT2D eigenvalue weighted by molar-refractivity contribution is 7.89. The number of sulfonamides is 1. The summed E-state index contributed by atoms with van der Waals surface area (Å²) < 4.78 is 30.4. The van der Waals surface area contributed by atoms with E-state index in [9.17, 15) is 13.2 Å². The first-order valence-electron chi connectivity index (χ1n) is 9.40. The number of rotatable bonds is 6. The van der Waals surface area contributed by atoms with Crippen LogP contribution in [0, 0.1) is 6.92 Å². The molecule has 2 aromatic rings. The molecule has 29 heavy (non-hydrogen) atoms. The third-order valence-corrected chi connectivity index (χ3v) is 6.65. The number of aromatic nitrogens is 1. The van der Waals surface area contributed by atoms with Crippen molar-refractivity contribution in [3.63, 3.8) is 0 Å². The molecule has 156 valence electrons. The molecule has 0 radical (unpaired) electrons. The predicted molar refractivity (Wildman–Crippen MR) is 109 cm³/mol. The number of hydrogen-bond acceptors (Lipinski definition) is 6. The molecule has 1 aromatic heterocycles. The Balaban J connectivity index is 1.52. The van der Waals surface area contributed by atoms with Crippen LogP contribution >= 0.6 is 0 Å². The van der Waals surface area contributed by atoms with E-state index in [-0.39, 0.29) is 10.8 Å². The average Bonchev–Trinajstić information content (AvgIpc) is 3.11. The molecule has 0 unspecified atom stereocenters. The number of amides is 1. The van der Waals surface area contributed by atoms with E-state index in [1.165, 1.54) is 24.5 Å². The maximum atomic E-state index is 12.4. The molecule has 0 saturated carbocycles. The Kier molecular flexibility index (Phi) is 6.51. The first-order chi connectivity index (χ1) is 13.8. The predicted octanol–water partition coefficient (Wildman–Crippen LogP) is 1.59. The van der Waals surface area contributed by atoms with Gasteiger partial charge in [0.2, 0.25) is 15.9 Å². The van der Waals surface area contributed by atoms with Crippen molar-refractivity contribution in [3.05, 3.63) is 53.4 Å². The summed E-state index contributed by atoms with van der Waals surface area (Å²) in [7, 11) is -0.461. The van der Waals surface area contributed by atoms with Crippen LogP contribution in [0.15, 0.2) is 45.8 Å². The lowest BCUT2D eigenvalue weighted by atomic mass is 10.2. The van der Waals surface area contributed by atoms with Gasteiger partial charge in [-0.2, -0.15) is 0 Å². The minimum Gasteiger partial charge on any atom is -0.361 e. The third kappa shape index (κ3) is 5.31. The number of hydrogen-bond donors (Lipinski definition) is 0. The van der Waals surface area contributed by atoms with Gasteiger partial charge in [0.15, 0.2) is 0 Å². The van der Waals surface area contributed by atoms with Crippen molar-refractivity contribution in [2.45, 2.75) is 18.4 Å². The van der Waals surface area contributed by atoms with Crippen molar-refractivity contribution in [2.75, 3.05) is 40.3 Å². The van der Waals surface area contributed by atoms with Crippen LogP contribution in [0.5, 0.6) is 0 Å². The molecule has 2 heterocycles. The zero-order chi connectivity index (χ0) is 21.0. The topological polar surface area (TPSA) is 87.0 Å². The maximum absolute atomic E-state index is 12.4. The fourth-order valence-corrected chi connectivity index (χ4v) is 3.98. The monoisotopic (exact) mass is 418 g/mol. The Hall–Kier alpha value is -2.49. The summed E-state index contributed by atoms with van der Waals surface area (Å²) in [5.41, 5.74) is 1.68. The summed E-state index contributed by atoms with van der Waals surface area (Å²) >= 11 is 0. The van der Waals surface area contributed by atoms with Crippen LogP contribution < -0.4 is 0 Å². The van der Waals surface area contributed by atoms with Gasteiger partial charge in [0, 0.05) is 59.0 Å². The van der Waals surface area contributed by atoms with Crippen molar-refractivity contribution in [3.8, 4) is 0 Å². The standard InChI is InChI=1S/C20H26N4O4S/c1-16-14-18(21-28-16)15-23-10-12-24(13-11-23)20(25)9-6-17-4-7-19(8-5-17)29(26,27)22(2)3/h4-9,14H,10-13,15H2,1-3H3/b9-6+. The SMILES string of the molecule is Cc1cc(CN2CCN(C(=O)/C=C/c3ccc(S(=O)(=O)N(C)C)cc3)CC2)no1. The van der Waals surface area contributed by atoms with Crippen LogP contribution in [-0.2, 0) is 21.4 Å². The van der Waals surface area contributed by atoms with E-state index >= 15 is 0 Å². The highest BCUT2D eigenvalue weighted by atomic mass is 32.2. The van der Waals surface area contributed by atoms with E-state index < -0.39 is 10.0 Å². The van der Waals surface area contributed by atoms with E-state index in [0.29, 0.717) is 13.1 Å². The summed E-state index contributed by atoms with van der Waals surface area (Å²) in [5, 5.41) is 4.01. The normalized spacial score (nSPS) is 16.1. The van der Waals surface area contributed by atoms with Gasteiger partial charge in [0.25, 0.3) is 0 Å². The fraction of sp³-hybridized carbons (Fsp3) is 0.400. The highest BCUT2D eigenvalue weighted by Gasteiger charge is 2.20. The van der Waals surface area contributed by atoms with E-state index in [1.54, 1.807) is 30.3 Å². The van der Waals surface area contributed by atoms with Gasteiger partial charge < -0.3 is 9.42 Å². The van der Waals surface area contributed by atoms with Crippen LogP contribution in [0.4, 0.5) is 0 Å². The number of nitrogens with zero attached hydrogens (tertiary/aromatic N) is 4. The first kappa shape index (κ1) is 21.2. The second-order valence-corrected chi connectivity index (χ2v) is 9.37. The molecule has 0 N–H and O–H groups in total.